The van der Waals surface area contributed by atoms with Gasteiger partial charge in [-0.05, 0) is 44.7 Å². The van der Waals surface area contributed by atoms with Crippen LogP contribution in [0, 0.1) is 6.92 Å². The predicted molar refractivity (Wildman–Crippen MR) is 66.3 cm³/mol. The molecule has 0 saturated heterocycles. The zero-order chi connectivity index (χ0) is 12.4. The smallest absolute Gasteiger partial charge is 0.339 e. The van der Waals surface area contributed by atoms with Crippen LogP contribution >= 0.6 is 0 Å². The number of pyridine rings is 1. The second kappa shape index (κ2) is 4.86. The molecular formula is C14H19NO2. The van der Waals surface area contributed by atoms with Crippen molar-refractivity contribution in [1.29, 1.82) is 0 Å². The summed E-state index contributed by atoms with van der Waals surface area (Å²) in [5.74, 6) is 0.246. The predicted octanol–water partition coefficient (Wildman–Crippen LogP) is 3.01. The number of rotatable bonds is 4. The van der Waals surface area contributed by atoms with Crippen molar-refractivity contribution in [1.82, 2.24) is 4.98 Å². The molecule has 0 atom stereocenters. The van der Waals surface area contributed by atoms with Crippen LogP contribution in [0.25, 0.3) is 0 Å². The summed E-state index contributed by atoms with van der Waals surface area (Å²) in [6.45, 7) is 6.34. The average Bonchev–Trinajstić information content (AvgIpc) is 3.12. The monoisotopic (exact) mass is 233 g/mol. The molecule has 1 aromatic rings. The topological polar surface area (TPSA) is 39.2 Å². The SMILES string of the molecule is CCOC(=O)c1cc(CC)c(C)nc1C1CC1. The van der Waals surface area contributed by atoms with E-state index in [-0.39, 0.29) is 5.97 Å². The van der Waals surface area contributed by atoms with E-state index in [2.05, 4.69) is 11.9 Å². The fourth-order valence-corrected chi connectivity index (χ4v) is 2.06. The third-order valence-electron chi connectivity index (χ3n) is 3.19. The van der Waals surface area contributed by atoms with Gasteiger partial charge in [-0.1, -0.05) is 6.92 Å². The molecule has 3 heteroatoms. The number of aryl methyl sites for hydroxylation is 2. The first-order valence-electron chi connectivity index (χ1n) is 6.34. The Bertz CT molecular complexity index is 436. The standard InChI is InChI=1S/C14H19NO2/c1-4-10-8-12(14(16)17-5-2)13(11-6-7-11)15-9(10)3/h8,11H,4-7H2,1-3H3. The Balaban J connectivity index is 2.42. The molecule has 0 unspecified atom stereocenters. The van der Waals surface area contributed by atoms with Crippen LogP contribution in [0.1, 0.15) is 59.9 Å². The molecule has 0 bridgehead atoms. The number of aromatic nitrogens is 1. The van der Waals surface area contributed by atoms with E-state index in [0.29, 0.717) is 18.1 Å². The van der Waals surface area contributed by atoms with Crippen molar-refractivity contribution in [2.75, 3.05) is 6.61 Å². The number of carbonyl (C=O) groups excluding carboxylic acids is 1. The Labute approximate surface area is 102 Å². The van der Waals surface area contributed by atoms with Gasteiger partial charge in [0.05, 0.1) is 17.9 Å². The first kappa shape index (κ1) is 12.1. The van der Waals surface area contributed by atoms with Crippen LogP contribution in [0.15, 0.2) is 6.07 Å². The van der Waals surface area contributed by atoms with Gasteiger partial charge in [-0.3, -0.25) is 4.98 Å². The van der Waals surface area contributed by atoms with Crippen LogP contribution in [0.2, 0.25) is 0 Å². The molecule has 0 spiro atoms. The van der Waals surface area contributed by atoms with Crippen LogP contribution in [0.4, 0.5) is 0 Å². The Morgan fingerprint density at radius 2 is 2.18 bits per heavy atom. The summed E-state index contributed by atoms with van der Waals surface area (Å²) in [5, 5.41) is 0. The zero-order valence-electron chi connectivity index (χ0n) is 10.7. The average molecular weight is 233 g/mol. The Kier molecular flexibility index (Phi) is 3.46. The third-order valence-corrected chi connectivity index (χ3v) is 3.19. The number of nitrogens with zero attached hydrogens (tertiary/aromatic N) is 1. The van der Waals surface area contributed by atoms with E-state index in [4.69, 9.17) is 4.74 Å². The van der Waals surface area contributed by atoms with Gasteiger partial charge >= 0.3 is 5.97 Å². The first-order valence-corrected chi connectivity index (χ1v) is 6.34. The largest absolute Gasteiger partial charge is 0.462 e. The molecule has 1 fully saturated rings. The van der Waals surface area contributed by atoms with Gasteiger partial charge < -0.3 is 4.74 Å². The second-order valence-corrected chi connectivity index (χ2v) is 4.51. The molecule has 1 heterocycles. The summed E-state index contributed by atoms with van der Waals surface area (Å²) in [7, 11) is 0. The highest BCUT2D eigenvalue weighted by atomic mass is 16.5. The molecule has 17 heavy (non-hydrogen) atoms. The highest BCUT2D eigenvalue weighted by Gasteiger charge is 2.30. The van der Waals surface area contributed by atoms with Crippen LogP contribution < -0.4 is 0 Å². The van der Waals surface area contributed by atoms with E-state index in [1.165, 1.54) is 0 Å². The van der Waals surface area contributed by atoms with Crippen molar-refractivity contribution in [3.8, 4) is 0 Å². The minimum Gasteiger partial charge on any atom is -0.462 e. The van der Waals surface area contributed by atoms with E-state index in [1.54, 1.807) is 0 Å². The molecule has 1 saturated carbocycles. The number of ether oxygens (including phenoxy) is 1. The summed E-state index contributed by atoms with van der Waals surface area (Å²) in [6, 6.07) is 1.97. The van der Waals surface area contributed by atoms with Crippen LogP contribution in [0.3, 0.4) is 0 Å². The Morgan fingerprint density at radius 3 is 2.71 bits per heavy atom. The van der Waals surface area contributed by atoms with Crippen LogP contribution in [-0.2, 0) is 11.2 Å². The van der Waals surface area contributed by atoms with E-state index in [0.717, 1.165) is 36.2 Å². The lowest BCUT2D eigenvalue weighted by Gasteiger charge is -2.11. The fraction of sp³-hybridized carbons (Fsp3) is 0.571. The van der Waals surface area contributed by atoms with E-state index >= 15 is 0 Å². The van der Waals surface area contributed by atoms with Crippen LogP contribution in [0.5, 0.6) is 0 Å². The lowest BCUT2D eigenvalue weighted by atomic mass is 10.0. The van der Waals surface area contributed by atoms with Crippen molar-refractivity contribution in [2.24, 2.45) is 0 Å². The minimum absolute atomic E-state index is 0.225. The van der Waals surface area contributed by atoms with Crippen LogP contribution in [-0.4, -0.2) is 17.6 Å². The normalized spacial score (nSPS) is 14.8. The maximum Gasteiger partial charge on any atom is 0.339 e. The molecule has 1 aliphatic carbocycles. The van der Waals surface area contributed by atoms with Gasteiger partial charge in [0.2, 0.25) is 0 Å². The zero-order valence-corrected chi connectivity index (χ0v) is 10.7. The second-order valence-electron chi connectivity index (χ2n) is 4.51. The highest BCUT2D eigenvalue weighted by molar-refractivity contribution is 5.91. The van der Waals surface area contributed by atoms with E-state index in [1.807, 2.05) is 19.9 Å². The molecule has 0 amide bonds. The molecular weight excluding hydrogens is 214 g/mol. The summed E-state index contributed by atoms with van der Waals surface area (Å²) < 4.78 is 5.11. The van der Waals surface area contributed by atoms with E-state index < -0.39 is 0 Å². The molecule has 0 aromatic carbocycles. The number of hydrogen-bond acceptors (Lipinski definition) is 3. The van der Waals surface area contributed by atoms with Gasteiger partial charge in [0.25, 0.3) is 0 Å². The van der Waals surface area contributed by atoms with Crippen molar-refractivity contribution >= 4 is 5.97 Å². The lowest BCUT2D eigenvalue weighted by molar-refractivity contribution is 0.0524. The van der Waals surface area contributed by atoms with Gasteiger partial charge in [0.15, 0.2) is 0 Å². The maximum atomic E-state index is 11.9. The molecule has 0 N–H and O–H groups in total. The van der Waals surface area contributed by atoms with Gasteiger partial charge in [-0.2, -0.15) is 0 Å². The quantitative estimate of drug-likeness (QED) is 0.750. The van der Waals surface area contributed by atoms with Crippen molar-refractivity contribution in [3.63, 3.8) is 0 Å². The van der Waals surface area contributed by atoms with Gasteiger partial charge in [-0.25, -0.2) is 4.79 Å². The van der Waals surface area contributed by atoms with Gasteiger partial charge in [0, 0.05) is 11.6 Å². The first-order chi connectivity index (χ1) is 8.17. The fourth-order valence-electron chi connectivity index (χ4n) is 2.06. The summed E-state index contributed by atoms with van der Waals surface area (Å²) in [5.41, 5.74) is 3.80. The molecule has 1 aliphatic rings. The summed E-state index contributed by atoms with van der Waals surface area (Å²) in [6.07, 6.45) is 3.19. The molecule has 92 valence electrons. The minimum atomic E-state index is -0.225. The maximum absolute atomic E-state index is 11.9. The number of esters is 1. The molecule has 0 radical (unpaired) electrons. The number of hydrogen-bond donors (Lipinski definition) is 0. The Morgan fingerprint density at radius 1 is 1.47 bits per heavy atom. The van der Waals surface area contributed by atoms with Crippen molar-refractivity contribution < 1.29 is 9.53 Å². The lowest BCUT2D eigenvalue weighted by Crippen LogP contribution is -2.11. The van der Waals surface area contributed by atoms with Crippen molar-refractivity contribution in [3.05, 3.63) is 28.6 Å². The van der Waals surface area contributed by atoms with E-state index in [9.17, 15) is 4.79 Å². The van der Waals surface area contributed by atoms with Crippen molar-refractivity contribution in [2.45, 2.75) is 46.0 Å². The highest BCUT2D eigenvalue weighted by Crippen LogP contribution is 2.41. The number of carbonyl (C=O) groups is 1. The molecule has 3 nitrogen and oxygen atoms in total. The molecule has 1 aromatic heterocycles. The van der Waals surface area contributed by atoms with Gasteiger partial charge in [-0.15, -0.1) is 0 Å². The third kappa shape index (κ3) is 2.48. The molecule has 2 rings (SSSR count). The summed E-state index contributed by atoms with van der Waals surface area (Å²) in [4.78, 5) is 16.5. The van der Waals surface area contributed by atoms with Gasteiger partial charge in [0.1, 0.15) is 0 Å². The Hall–Kier alpha value is -1.38. The summed E-state index contributed by atoms with van der Waals surface area (Å²) >= 11 is 0. The molecule has 0 aliphatic heterocycles.